The highest BCUT2D eigenvalue weighted by Gasteiger charge is 2.26. The van der Waals surface area contributed by atoms with Crippen LogP contribution < -0.4 is 5.32 Å². The molecule has 1 aliphatic rings. The van der Waals surface area contributed by atoms with E-state index in [1.54, 1.807) is 0 Å². The topological polar surface area (TPSA) is 12.0 Å². The minimum atomic E-state index is 0.632. The van der Waals surface area contributed by atoms with Gasteiger partial charge in [0.25, 0.3) is 0 Å². The van der Waals surface area contributed by atoms with Crippen molar-refractivity contribution in [3.63, 3.8) is 0 Å². The Kier molecular flexibility index (Phi) is 5.35. The van der Waals surface area contributed by atoms with Crippen molar-refractivity contribution in [3.05, 3.63) is 33.8 Å². The smallest absolute Gasteiger partial charge is 0.0595 e. The van der Waals surface area contributed by atoms with E-state index in [0.29, 0.717) is 16.0 Å². The van der Waals surface area contributed by atoms with E-state index >= 15 is 0 Å². The van der Waals surface area contributed by atoms with E-state index in [1.807, 2.05) is 6.07 Å². The normalized spacial score (nSPS) is 24.2. The summed E-state index contributed by atoms with van der Waals surface area (Å²) in [5.41, 5.74) is 1.35. The first kappa shape index (κ1) is 14.2. The summed E-state index contributed by atoms with van der Waals surface area (Å²) in [5.74, 6) is 1.36. The van der Waals surface area contributed by atoms with Crippen LogP contribution in [0.25, 0.3) is 0 Å². The van der Waals surface area contributed by atoms with Crippen LogP contribution in [0.5, 0.6) is 0 Å². The Morgan fingerprint density at radius 2 is 1.94 bits per heavy atom. The minimum Gasteiger partial charge on any atom is -0.317 e. The second-order valence-corrected chi connectivity index (χ2v) is 5.95. The third-order valence-corrected chi connectivity index (χ3v) is 4.68. The molecule has 18 heavy (non-hydrogen) atoms. The molecular formula is C15H21Cl2N. The third-order valence-electron chi connectivity index (χ3n) is 3.94. The minimum absolute atomic E-state index is 0.632. The summed E-state index contributed by atoms with van der Waals surface area (Å²) in [6.45, 7) is 4.32. The Morgan fingerprint density at radius 3 is 2.67 bits per heavy atom. The Balaban J connectivity index is 2.14. The summed E-state index contributed by atoms with van der Waals surface area (Å²) in [6, 6.07) is 6.13. The van der Waals surface area contributed by atoms with Gasteiger partial charge in [0, 0.05) is 0 Å². The molecule has 0 spiro atoms. The Morgan fingerprint density at radius 1 is 1.17 bits per heavy atom. The summed E-state index contributed by atoms with van der Waals surface area (Å²) < 4.78 is 0. The molecule has 1 aromatic carbocycles. The SMILES string of the molecule is CCNCC1CCCCC1c1ccc(Cl)c(Cl)c1. The largest absolute Gasteiger partial charge is 0.317 e. The number of rotatable bonds is 4. The van der Waals surface area contributed by atoms with Crippen molar-refractivity contribution in [2.24, 2.45) is 5.92 Å². The molecule has 2 unspecified atom stereocenters. The second-order valence-electron chi connectivity index (χ2n) is 5.13. The summed E-state index contributed by atoms with van der Waals surface area (Å²) in [5, 5.41) is 4.82. The van der Waals surface area contributed by atoms with Gasteiger partial charge in [0.2, 0.25) is 0 Å². The van der Waals surface area contributed by atoms with Crippen LogP contribution in [0.1, 0.15) is 44.1 Å². The zero-order valence-corrected chi connectivity index (χ0v) is 12.4. The molecule has 0 saturated heterocycles. The molecule has 2 atom stereocenters. The van der Waals surface area contributed by atoms with E-state index < -0.39 is 0 Å². The molecule has 0 aliphatic heterocycles. The average Bonchev–Trinajstić information content (AvgIpc) is 2.40. The quantitative estimate of drug-likeness (QED) is 0.832. The highest BCUT2D eigenvalue weighted by atomic mass is 35.5. The molecular weight excluding hydrogens is 265 g/mol. The molecule has 0 aromatic heterocycles. The van der Waals surface area contributed by atoms with Gasteiger partial charge in [0.15, 0.2) is 0 Å². The van der Waals surface area contributed by atoms with E-state index in [-0.39, 0.29) is 0 Å². The van der Waals surface area contributed by atoms with Gasteiger partial charge in [-0.2, -0.15) is 0 Å². The Hall–Kier alpha value is -0.240. The first-order chi connectivity index (χ1) is 8.72. The number of benzene rings is 1. The van der Waals surface area contributed by atoms with E-state index in [0.717, 1.165) is 19.0 Å². The third kappa shape index (κ3) is 3.40. The zero-order chi connectivity index (χ0) is 13.0. The van der Waals surface area contributed by atoms with E-state index in [1.165, 1.54) is 31.2 Å². The summed E-state index contributed by atoms with van der Waals surface area (Å²) in [7, 11) is 0. The molecule has 1 saturated carbocycles. The molecule has 0 heterocycles. The number of hydrogen-bond acceptors (Lipinski definition) is 1. The number of hydrogen-bond donors (Lipinski definition) is 1. The molecule has 1 nitrogen and oxygen atoms in total. The van der Waals surface area contributed by atoms with Crippen LogP contribution >= 0.6 is 23.2 Å². The lowest BCUT2D eigenvalue weighted by atomic mass is 9.75. The lowest BCUT2D eigenvalue weighted by Gasteiger charge is -2.32. The van der Waals surface area contributed by atoms with Crippen LogP contribution in [0.3, 0.4) is 0 Å². The van der Waals surface area contributed by atoms with Gasteiger partial charge < -0.3 is 5.32 Å². The maximum Gasteiger partial charge on any atom is 0.0595 e. The van der Waals surface area contributed by atoms with Crippen LogP contribution in [0.4, 0.5) is 0 Å². The van der Waals surface area contributed by atoms with Crippen LogP contribution in [0.2, 0.25) is 10.0 Å². The lowest BCUT2D eigenvalue weighted by molar-refractivity contribution is 0.297. The fraction of sp³-hybridized carbons (Fsp3) is 0.600. The molecule has 100 valence electrons. The molecule has 1 aromatic rings. The maximum atomic E-state index is 6.14. The predicted molar refractivity (Wildman–Crippen MR) is 79.7 cm³/mol. The molecule has 3 heteroatoms. The van der Waals surface area contributed by atoms with Gasteiger partial charge in [-0.25, -0.2) is 0 Å². The van der Waals surface area contributed by atoms with Gasteiger partial charge in [-0.1, -0.05) is 49.0 Å². The van der Waals surface area contributed by atoms with Gasteiger partial charge in [0.1, 0.15) is 0 Å². The Labute approximate surface area is 120 Å². The lowest BCUT2D eigenvalue weighted by Crippen LogP contribution is -2.29. The number of halogens is 2. The number of nitrogens with one attached hydrogen (secondary N) is 1. The summed E-state index contributed by atoms with van der Waals surface area (Å²) in [4.78, 5) is 0. The van der Waals surface area contributed by atoms with E-state index in [9.17, 15) is 0 Å². The first-order valence-electron chi connectivity index (χ1n) is 6.88. The van der Waals surface area contributed by atoms with Gasteiger partial charge in [-0.15, -0.1) is 0 Å². The van der Waals surface area contributed by atoms with Gasteiger partial charge in [-0.3, -0.25) is 0 Å². The van der Waals surface area contributed by atoms with Crippen molar-refractivity contribution in [3.8, 4) is 0 Å². The highest BCUT2D eigenvalue weighted by Crippen LogP contribution is 2.39. The predicted octanol–water partition coefficient (Wildman–Crippen LogP) is 4.88. The van der Waals surface area contributed by atoms with Crippen molar-refractivity contribution < 1.29 is 0 Å². The standard InChI is InChI=1S/C15H21Cl2N/c1-2-18-10-12-5-3-4-6-13(12)11-7-8-14(16)15(17)9-11/h7-9,12-13,18H,2-6,10H2,1H3. The van der Waals surface area contributed by atoms with E-state index in [4.69, 9.17) is 23.2 Å². The van der Waals surface area contributed by atoms with Crippen molar-refractivity contribution in [1.29, 1.82) is 0 Å². The van der Waals surface area contributed by atoms with Gasteiger partial charge >= 0.3 is 0 Å². The monoisotopic (exact) mass is 285 g/mol. The van der Waals surface area contributed by atoms with Crippen LogP contribution in [-0.2, 0) is 0 Å². The zero-order valence-electron chi connectivity index (χ0n) is 10.9. The molecule has 2 rings (SSSR count). The molecule has 1 N–H and O–H groups in total. The van der Waals surface area contributed by atoms with Gasteiger partial charge in [0.05, 0.1) is 10.0 Å². The van der Waals surface area contributed by atoms with Crippen molar-refractivity contribution in [1.82, 2.24) is 5.32 Å². The summed E-state index contributed by atoms with van der Waals surface area (Å²) >= 11 is 12.1. The highest BCUT2D eigenvalue weighted by molar-refractivity contribution is 6.42. The molecule has 0 radical (unpaired) electrons. The molecule has 1 aliphatic carbocycles. The Bertz CT molecular complexity index is 392. The second kappa shape index (κ2) is 6.79. The van der Waals surface area contributed by atoms with Crippen LogP contribution in [0, 0.1) is 5.92 Å². The van der Waals surface area contributed by atoms with Crippen molar-refractivity contribution in [2.75, 3.05) is 13.1 Å². The van der Waals surface area contributed by atoms with Crippen molar-refractivity contribution in [2.45, 2.75) is 38.5 Å². The fourth-order valence-electron chi connectivity index (χ4n) is 2.96. The molecule has 0 bridgehead atoms. The van der Waals surface area contributed by atoms with Crippen LogP contribution in [0.15, 0.2) is 18.2 Å². The summed E-state index contributed by atoms with van der Waals surface area (Å²) in [6.07, 6.45) is 5.27. The average molecular weight is 286 g/mol. The fourth-order valence-corrected chi connectivity index (χ4v) is 3.27. The van der Waals surface area contributed by atoms with Crippen molar-refractivity contribution >= 4 is 23.2 Å². The van der Waals surface area contributed by atoms with E-state index in [2.05, 4.69) is 24.4 Å². The first-order valence-corrected chi connectivity index (χ1v) is 7.63. The molecule has 0 amide bonds. The van der Waals surface area contributed by atoms with Crippen LogP contribution in [-0.4, -0.2) is 13.1 Å². The van der Waals surface area contributed by atoms with Gasteiger partial charge in [-0.05, 0) is 55.5 Å². The molecule has 1 fully saturated rings. The maximum absolute atomic E-state index is 6.14.